The minimum atomic E-state index is -0.847. The second kappa shape index (κ2) is 9.03. The Morgan fingerprint density at radius 1 is 1.18 bits per heavy atom. The maximum atomic E-state index is 10.4. The summed E-state index contributed by atoms with van der Waals surface area (Å²) in [6, 6.07) is 0. The molecule has 2 nitrogen and oxygen atoms in total. The topological polar surface area (TPSA) is 37.3 Å². The quantitative estimate of drug-likeness (QED) is 0.497. The summed E-state index contributed by atoms with van der Waals surface area (Å²) in [5.74, 6) is -0.0660. The predicted octanol–water partition coefficient (Wildman–Crippen LogP) is 4.57. The molecule has 0 amide bonds. The Balaban J connectivity index is 3.80. The Bertz CT molecular complexity index is 285. The van der Waals surface area contributed by atoms with Crippen LogP contribution in [0.1, 0.15) is 59.8 Å². The standard InChI is InChI=1S/C15H26O2/c1-12(2)7-5-8-13(3)9-6-10-14(4)11-15(16)17/h9,11-12H,5-8,10H2,1-4H3,(H,16,17). The minimum Gasteiger partial charge on any atom is -0.478 e. The number of aliphatic carboxylic acids is 1. The molecule has 2 heteroatoms. The molecule has 0 aliphatic heterocycles. The summed E-state index contributed by atoms with van der Waals surface area (Å²) in [7, 11) is 0. The van der Waals surface area contributed by atoms with E-state index in [4.69, 9.17) is 5.11 Å². The van der Waals surface area contributed by atoms with Crippen LogP contribution in [0.25, 0.3) is 0 Å². The Kier molecular flexibility index (Phi) is 8.47. The van der Waals surface area contributed by atoms with Crippen LogP contribution in [0, 0.1) is 5.92 Å². The molecule has 0 aromatic rings. The van der Waals surface area contributed by atoms with E-state index in [0.717, 1.165) is 24.3 Å². The summed E-state index contributed by atoms with van der Waals surface area (Å²) in [5.41, 5.74) is 2.36. The van der Waals surface area contributed by atoms with Gasteiger partial charge in [-0.2, -0.15) is 0 Å². The van der Waals surface area contributed by atoms with Crippen molar-refractivity contribution in [3.8, 4) is 0 Å². The largest absolute Gasteiger partial charge is 0.478 e. The third-order valence-corrected chi connectivity index (χ3v) is 2.75. The molecule has 0 atom stereocenters. The lowest BCUT2D eigenvalue weighted by Gasteiger charge is -2.04. The number of rotatable bonds is 8. The molecule has 0 unspecified atom stereocenters. The van der Waals surface area contributed by atoms with Crippen LogP contribution in [0.15, 0.2) is 23.3 Å². The summed E-state index contributed by atoms with van der Waals surface area (Å²) in [6.07, 6.45) is 9.02. The maximum Gasteiger partial charge on any atom is 0.328 e. The zero-order chi connectivity index (χ0) is 13.3. The zero-order valence-corrected chi connectivity index (χ0v) is 11.6. The van der Waals surface area contributed by atoms with Gasteiger partial charge in [0.05, 0.1) is 0 Å². The SMILES string of the molecule is CC(=CC(=O)O)CCC=C(C)CCCC(C)C. The van der Waals surface area contributed by atoms with Crippen molar-refractivity contribution in [3.05, 3.63) is 23.3 Å². The number of carboxylic acid groups (broad SMARTS) is 1. The molecular formula is C15H26O2. The molecule has 0 aromatic heterocycles. The molecule has 98 valence electrons. The average molecular weight is 238 g/mol. The molecule has 17 heavy (non-hydrogen) atoms. The molecule has 0 saturated carbocycles. The van der Waals surface area contributed by atoms with Crippen molar-refractivity contribution in [1.82, 2.24) is 0 Å². The van der Waals surface area contributed by atoms with Crippen molar-refractivity contribution < 1.29 is 9.90 Å². The molecule has 0 bridgehead atoms. The van der Waals surface area contributed by atoms with Crippen LogP contribution in [-0.4, -0.2) is 11.1 Å². The molecule has 0 rings (SSSR count). The van der Waals surface area contributed by atoms with Gasteiger partial charge in [0.2, 0.25) is 0 Å². The van der Waals surface area contributed by atoms with E-state index in [9.17, 15) is 4.79 Å². The van der Waals surface area contributed by atoms with Crippen molar-refractivity contribution in [2.24, 2.45) is 5.92 Å². The van der Waals surface area contributed by atoms with Crippen molar-refractivity contribution >= 4 is 5.97 Å². The average Bonchev–Trinajstić information content (AvgIpc) is 2.15. The van der Waals surface area contributed by atoms with Gasteiger partial charge >= 0.3 is 5.97 Å². The molecule has 0 heterocycles. The van der Waals surface area contributed by atoms with E-state index < -0.39 is 5.97 Å². The summed E-state index contributed by atoms with van der Waals surface area (Å²) >= 11 is 0. The monoisotopic (exact) mass is 238 g/mol. The van der Waals surface area contributed by atoms with E-state index in [2.05, 4.69) is 26.8 Å². The van der Waals surface area contributed by atoms with Gasteiger partial charge in [-0.05, 0) is 45.4 Å². The Morgan fingerprint density at radius 2 is 1.82 bits per heavy atom. The first-order chi connectivity index (χ1) is 7.91. The predicted molar refractivity (Wildman–Crippen MR) is 73.1 cm³/mol. The van der Waals surface area contributed by atoms with Gasteiger partial charge in [0, 0.05) is 6.08 Å². The van der Waals surface area contributed by atoms with Crippen LogP contribution in [-0.2, 0) is 4.79 Å². The van der Waals surface area contributed by atoms with E-state index in [1.54, 1.807) is 0 Å². The highest BCUT2D eigenvalue weighted by Gasteiger charge is 1.96. The van der Waals surface area contributed by atoms with Gasteiger partial charge in [-0.25, -0.2) is 4.79 Å². The summed E-state index contributed by atoms with van der Waals surface area (Å²) < 4.78 is 0. The lowest BCUT2D eigenvalue weighted by atomic mass is 10.0. The third-order valence-electron chi connectivity index (χ3n) is 2.75. The molecule has 0 saturated heterocycles. The number of hydrogen-bond acceptors (Lipinski definition) is 1. The maximum absolute atomic E-state index is 10.4. The van der Waals surface area contributed by atoms with E-state index in [1.165, 1.54) is 30.9 Å². The fourth-order valence-corrected chi connectivity index (χ4v) is 1.72. The first-order valence-electron chi connectivity index (χ1n) is 6.47. The number of allylic oxidation sites excluding steroid dienone is 3. The molecule has 0 aromatic carbocycles. The van der Waals surface area contributed by atoms with Crippen LogP contribution < -0.4 is 0 Å². The molecule has 1 N–H and O–H groups in total. The Labute approximate surface area is 105 Å². The Morgan fingerprint density at radius 3 is 2.35 bits per heavy atom. The zero-order valence-electron chi connectivity index (χ0n) is 11.6. The van der Waals surface area contributed by atoms with Crippen LogP contribution in [0.2, 0.25) is 0 Å². The Hall–Kier alpha value is -1.05. The second-order valence-corrected chi connectivity index (χ2v) is 5.20. The fourth-order valence-electron chi connectivity index (χ4n) is 1.72. The number of carbonyl (C=O) groups is 1. The van der Waals surface area contributed by atoms with E-state index in [0.29, 0.717) is 0 Å². The van der Waals surface area contributed by atoms with Crippen LogP contribution >= 0.6 is 0 Å². The molecule has 0 fully saturated rings. The highest BCUT2D eigenvalue weighted by atomic mass is 16.4. The highest BCUT2D eigenvalue weighted by Crippen LogP contribution is 2.13. The molecule has 0 spiro atoms. The number of hydrogen-bond donors (Lipinski definition) is 1. The molecular weight excluding hydrogens is 212 g/mol. The van der Waals surface area contributed by atoms with E-state index >= 15 is 0 Å². The normalized spacial score (nSPS) is 13.2. The van der Waals surface area contributed by atoms with Crippen LogP contribution in [0.4, 0.5) is 0 Å². The lowest BCUT2D eigenvalue weighted by molar-refractivity contribution is -0.131. The molecule has 0 aliphatic carbocycles. The van der Waals surface area contributed by atoms with Gasteiger partial charge in [-0.15, -0.1) is 0 Å². The van der Waals surface area contributed by atoms with Crippen molar-refractivity contribution in [2.75, 3.05) is 0 Å². The van der Waals surface area contributed by atoms with Gasteiger partial charge in [-0.3, -0.25) is 0 Å². The van der Waals surface area contributed by atoms with Crippen LogP contribution in [0.5, 0.6) is 0 Å². The minimum absolute atomic E-state index is 0.781. The van der Waals surface area contributed by atoms with Crippen LogP contribution in [0.3, 0.4) is 0 Å². The smallest absolute Gasteiger partial charge is 0.328 e. The number of carboxylic acids is 1. The summed E-state index contributed by atoms with van der Waals surface area (Å²) in [4.78, 5) is 10.4. The van der Waals surface area contributed by atoms with Gasteiger partial charge in [0.25, 0.3) is 0 Å². The first-order valence-corrected chi connectivity index (χ1v) is 6.47. The van der Waals surface area contributed by atoms with E-state index in [-0.39, 0.29) is 0 Å². The summed E-state index contributed by atoms with van der Waals surface area (Å²) in [5, 5.41) is 8.57. The van der Waals surface area contributed by atoms with Crippen molar-refractivity contribution in [2.45, 2.75) is 59.8 Å². The lowest BCUT2D eigenvalue weighted by Crippen LogP contribution is -1.90. The highest BCUT2D eigenvalue weighted by molar-refractivity contribution is 5.80. The van der Waals surface area contributed by atoms with E-state index in [1.807, 2.05) is 6.92 Å². The van der Waals surface area contributed by atoms with Gasteiger partial charge in [-0.1, -0.05) is 37.5 Å². The van der Waals surface area contributed by atoms with Crippen molar-refractivity contribution in [3.63, 3.8) is 0 Å². The molecule has 0 aliphatic rings. The van der Waals surface area contributed by atoms with Gasteiger partial charge in [0.15, 0.2) is 0 Å². The third kappa shape index (κ3) is 11.2. The van der Waals surface area contributed by atoms with Gasteiger partial charge in [0.1, 0.15) is 0 Å². The first kappa shape index (κ1) is 16.0. The van der Waals surface area contributed by atoms with Crippen molar-refractivity contribution in [1.29, 1.82) is 0 Å². The molecule has 0 radical (unpaired) electrons. The summed E-state index contributed by atoms with van der Waals surface area (Å²) in [6.45, 7) is 8.53. The second-order valence-electron chi connectivity index (χ2n) is 5.20. The van der Waals surface area contributed by atoms with Gasteiger partial charge < -0.3 is 5.11 Å². The fraction of sp³-hybridized carbons (Fsp3) is 0.667.